The summed E-state index contributed by atoms with van der Waals surface area (Å²) >= 11 is 0. The lowest BCUT2D eigenvalue weighted by molar-refractivity contribution is 0.0687. The van der Waals surface area contributed by atoms with E-state index in [1.807, 2.05) is 48.5 Å². The zero-order chi connectivity index (χ0) is 16.1. The highest BCUT2D eigenvalue weighted by molar-refractivity contribution is 5.93. The fourth-order valence-corrected chi connectivity index (χ4v) is 3.11. The van der Waals surface area contributed by atoms with Crippen LogP contribution in [0, 0.1) is 5.92 Å². The topological polar surface area (TPSA) is 50.2 Å². The van der Waals surface area contributed by atoms with Crippen molar-refractivity contribution in [2.45, 2.75) is 19.3 Å². The molecule has 1 aliphatic heterocycles. The van der Waals surface area contributed by atoms with Crippen LogP contribution < -0.4 is 5.32 Å². The quantitative estimate of drug-likeness (QED) is 0.903. The van der Waals surface area contributed by atoms with Crippen molar-refractivity contribution in [2.24, 2.45) is 5.92 Å². The van der Waals surface area contributed by atoms with E-state index in [0.29, 0.717) is 5.56 Å². The van der Waals surface area contributed by atoms with Crippen LogP contribution in [0.4, 0.5) is 0 Å². The van der Waals surface area contributed by atoms with E-state index in [2.05, 4.69) is 10.4 Å². The summed E-state index contributed by atoms with van der Waals surface area (Å²) in [5, 5.41) is 7.52. The first-order valence-corrected chi connectivity index (χ1v) is 8.32. The van der Waals surface area contributed by atoms with Crippen molar-refractivity contribution in [2.75, 3.05) is 26.7 Å². The average molecular weight is 349 g/mol. The molecule has 5 nitrogen and oxygen atoms in total. The van der Waals surface area contributed by atoms with E-state index in [1.54, 1.807) is 10.9 Å². The molecule has 0 bridgehead atoms. The number of rotatable bonds is 5. The molecular weight excluding hydrogens is 324 g/mol. The summed E-state index contributed by atoms with van der Waals surface area (Å²) in [5.41, 5.74) is 1.64. The van der Waals surface area contributed by atoms with Crippen molar-refractivity contribution in [3.8, 4) is 5.69 Å². The molecular formula is C18H25ClN4O. The van der Waals surface area contributed by atoms with E-state index in [9.17, 15) is 4.79 Å². The molecule has 0 atom stereocenters. The third-order valence-corrected chi connectivity index (χ3v) is 4.55. The Hall–Kier alpha value is -1.85. The van der Waals surface area contributed by atoms with Gasteiger partial charge >= 0.3 is 0 Å². The zero-order valence-corrected chi connectivity index (χ0v) is 14.8. The van der Waals surface area contributed by atoms with Crippen LogP contribution in [-0.2, 0) is 0 Å². The minimum Gasteiger partial charge on any atom is -0.339 e. The van der Waals surface area contributed by atoms with Gasteiger partial charge in [-0.3, -0.25) is 4.79 Å². The Morgan fingerprint density at radius 2 is 1.96 bits per heavy atom. The molecule has 0 spiro atoms. The number of amides is 1. The first-order chi connectivity index (χ1) is 11.3. The lowest BCUT2D eigenvalue weighted by Crippen LogP contribution is -2.38. The molecule has 1 aromatic heterocycles. The van der Waals surface area contributed by atoms with Crippen LogP contribution in [-0.4, -0.2) is 47.3 Å². The molecule has 1 N–H and O–H groups in total. The van der Waals surface area contributed by atoms with Crippen LogP contribution in [0.2, 0.25) is 0 Å². The summed E-state index contributed by atoms with van der Waals surface area (Å²) in [6.45, 7) is 2.76. The highest BCUT2D eigenvalue weighted by atomic mass is 35.5. The highest BCUT2D eigenvalue weighted by Gasteiger charge is 2.24. The van der Waals surface area contributed by atoms with Gasteiger partial charge in [0.25, 0.3) is 5.91 Å². The third-order valence-electron chi connectivity index (χ3n) is 4.55. The Morgan fingerprint density at radius 1 is 1.25 bits per heavy atom. The molecule has 0 radical (unpaired) electrons. The largest absolute Gasteiger partial charge is 0.339 e. The molecule has 1 amide bonds. The second-order valence-corrected chi connectivity index (χ2v) is 6.14. The van der Waals surface area contributed by atoms with Gasteiger partial charge in [0.2, 0.25) is 0 Å². The van der Waals surface area contributed by atoms with E-state index in [1.165, 1.54) is 6.42 Å². The summed E-state index contributed by atoms with van der Waals surface area (Å²) < 4.78 is 1.76. The minimum atomic E-state index is 0. The lowest BCUT2D eigenvalue weighted by Gasteiger charge is -2.31. The number of hydrogen-bond acceptors (Lipinski definition) is 3. The van der Waals surface area contributed by atoms with E-state index in [-0.39, 0.29) is 18.3 Å². The maximum Gasteiger partial charge on any atom is 0.257 e. The van der Waals surface area contributed by atoms with Crippen molar-refractivity contribution in [3.63, 3.8) is 0 Å². The maximum absolute atomic E-state index is 12.6. The van der Waals surface area contributed by atoms with Crippen LogP contribution in [0.3, 0.4) is 0 Å². The number of hydrogen-bond donors (Lipinski definition) is 1. The number of piperidine rings is 1. The molecule has 1 saturated heterocycles. The first-order valence-electron chi connectivity index (χ1n) is 8.32. The molecule has 0 aliphatic carbocycles. The SMILES string of the molecule is CNCCC1CCN(C(=O)c2cnn(-c3ccccc3)c2)CC1.Cl. The fraction of sp³-hybridized carbons (Fsp3) is 0.444. The third kappa shape index (κ3) is 4.36. The van der Waals surface area contributed by atoms with Crippen LogP contribution in [0.5, 0.6) is 0 Å². The van der Waals surface area contributed by atoms with Gasteiger partial charge in [-0.05, 0) is 50.9 Å². The highest BCUT2D eigenvalue weighted by Crippen LogP contribution is 2.21. The van der Waals surface area contributed by atoms with Gasteiger partial charge in [0.15, 0.2) is 0 Å². The van der Waals surface area contributed by atoms with E-state index < -0.39 is 0 Å². The smallest absolute Gasteiger partial charge is 0.257 e. The molecule has 0 unspecified atom stereocenters. The summed E-state index contributed by atoms with van der Waals surface area (Å²) in [4.78, 5) is 14.6. The average Bonchev–Trinajstić information content (AvgIpc) is 3.11. The molecule has 6 heteroatoms. The number of nitrogens with one attached hydrogen (secondary N) is 1. The Kier molecular flexibility index (Phi) is 6.82. The molecule has 1 aliphatic rings. The maximum atomic E-state index is 12.6. The van der Waals surface area contributed by atoms with E-state index in [4.69, 9.17) is 0 Å². The standard InChI is InChI=1S/C18H24N4O.ClH/c1-19-10-7-15-8-11-21(12-9-15)18(23)16-13-20-22(14-16)17-5-3-2-4-6-17;/h2-6,13-15,19H,7-12H2,1H3;1H. The normalized spacial score (nSPS) is 15.1. The van der Waals surface area contributed by atoms with Crippen LogP contribution in [0.15, 0.2) is 42.7 Å². The number of halogens is 1. The molecule has 2 heterocycles. The number of nitrogens with zero attached hydrogens (tertiary/aromatic N) is 3. The number of benzene rings is 1. The molecule has 2 aromatic rings. The van der Waals surface area contributed by atoms with Gasteiger partial charge in [-0.15, -0.1) is 12.4 Å². The van der Waals surface area contributed by atoms with Crippen LogP contribution in [0.25, 0.3) is 5.69 Å². The number of aromatic nitrogens is 2. The number of para-hydroxylation sites is 1. The predicted molar refractivity (Wildman–Crippen MR) is 98.0 cm³/mol. The Bertz CT molecular complexity index is 635. The summed E-state index contributed by atoms with van der Waals surface area (Å²) in [6, 6.07) is 9.86. The van der Waals surface area contributed by atoms with Crippen LogP contribution in [0.1, 0.15) is 29.6 Å². The van der Waals surface area contributed by atoms with Gasteiger partial charge < -0.3 is 10.2 Å². The van der Waals surface area contributed by atoms with Gasteiger partial charge in [0.05, 0.1) is 17.4 Å². The molecule has 1 aromatic carbocycles. The van der Waals surface area contributed by atoms with E-state index >= 15 is 0 Å². The van der Waals surface area contributed by atoms with E-state index in [0.717, 1.165) is 44.1 Å². The second kappa shape index (κ2) is 8.85. The van der Waals surface area contributed by atoms with Gasteiger partial charge in [0.1, 0.15) is 0 Å². The van der Waals surface area contributed by atoms with Crippen molar-refractivity contribution < 1.29 is 4.79 Å². The van der Waals surface area contributed by atoms with Gasteiger partial charge in [0, 0.05) is 19.3 Å². The second-order valence-electron chi connectivity index (χ2n) is 6.14. The number of carbonyl (C=O) groups is 1. The lowest BCUT2D eigenvalue weighted by atomic mass is 9.93. The van der Waals surface area contributed by atoms with Gasteiger partial charge in [-0.1, -0.05) is 18.2 Å². The van der Waals surface area contributed by atoms with Crippen molar-refractivity contribution in [1.29, 1.82) is 0 Å². The Balaban J connectivity index is 0.00000208. The molecule has 1 fully saturated rings. The fourth-order valence-electron chi connectivity index (χ4n) is 3.11. The Morgan fingerprint density at radius 3 is 2.62 bits per heavy atom. The monoisotopic (exact) mass is 348 g/mol. The number of carbonyl (C=O) groups excluding carboxylic acids is 1. The minimum absolute atomic E-state index is 0. The molecule has 3 rings (SSSR count). The van der Waals surface area contributed by atoms with Crippen molar-refractivity contribution in [3.05, 3.63) is 48.3 Å². The zero-order valence-electron chi connectivity index (χ0n) is 14.0. The summed E-state index contributed by atoms with van der Waals surface area (Å²) in [7, 11) is 1.99. The van der Waals surface area contributed by atoms with Crippen LogP contribution >= 0.6 is 12.4 Å². The Labute approximate surface area is 149 Å². The van der Waals surface area contributed by atoms with Crippen molar-refractivity contribution in [1.82, 2.24) is 20.0 Å². The van der Waals surface area contributed by atoms with Gasteiger partial charge in [-0.25, -0.2) is 4.68 Å². The molecule has 130 valence electrons. The molecule has 0 saturated carbocycles. The summed E-state index contributed by atoms with van der Waals surface area (Å²) in [6.07, 6.45) is 6.89. The predicted octanol–water partition coefficient (Wildman–Crippen LogP) is 2.76. The summed E-state index contributed by atoms with van der Waals surface area (Å²) in [5.74, 6) is 0.831. The number of likely N-dealkylation sites (tertiary alicyclic amines) is 1. The van der Waals surface area contributed by atoms with Crippen molar-refractivity contribution >= 4 is 18.3 Å². The first kappa shape index (κ1) is 18.5. The van der Waals surface area contributed by atoms with Gasteiger partial charge in [-0.2, -0.15) is 5.10 Å². The molecule has 24 heavy (non-hydrogen) atoms.